The van der Waals surface area contributed by atoms with Crippen molar-refractivity contribution in [3.63, 3.8) is 0 Å². The number of imidazole rings is 1. The van der Waals surface area contributed by atoms with Gasteiger partial charge in [-0.3, -0.25) is 0 Å². The third kappa shape index (κ3) is 2.81. The van der Waals surface area contributed by atoms with E-state index in [9.17, 15) is 4.39 Å². The van der Waals surface area contributed by atoms with E-state index in [1.807, 2.05) is 24.3 Å². The summed E-state index contributed by atoms with van der Waals surface area (Å²) in [6.07, 6.45) is 0. The molecule has 0 fully saturated rings. The van der Waals surface area contributed by atoms with Gasteiger partial charge in [0.25, 0.3) is 0 Å². The minimum Gasteiger partial charge on any atom is -0.460 e. The van der Waals surface area contributed by atoms with Crippen LogP contribution < -0.4 is 4.74 Å². The third-order valence-electron chi connectivity index (χ3n) is 5.18. The van der Waals surface area contributed by atoms with Crippen molar-refractivity contribution in [1.82, 2.24) is 9.55 Å². The summed E-state index contributed by atoms with van der Waals surface area (Å²) in [5.74, 6) is 1.76. The van der Waals surface area contributed by atoms with Crippen molar-refractivity contribution in [1.29, 1.82) is 0 Å². The zero-order chi connectivity index (χ0) is 18.6. The maximum absolute atomic E-state index is 14.0. The van der Waals surface area contributed by atoms with Crippen LogP contribution in [0.4, 0.5) is 4.39 Å². The maximum Gasteiger partial charge on any atom is 0.247 e. The van der Waals surface area contributed by atoms with Gasteiger partial charge in [-0.05, 0) is 34.0 Å². The number of nitrogens with zero attached hydrogens (tertiary/aromatic N) is 2. The van der Waals surface area contributed by atoms with Crippen LogP contribution in [-0.2, 0) is 0 Å². The summed E-state index contributed by atoms with van der Waals surface area (Å²) in [6, 6.07) is 11.0. The van der Waals surface area contributed by atoms with Gasteiger partial charge in [0, 0.05) is 17.5 Å². The molecule has 0 amide bonds. The number of hydrogen-bond acceptors (Lipinski definition) is 2. The molecular formula is C19H16BrCl2FN2O. The fraction of sp³-hybridized carbons (Fsp3) is 0.316. The second-order valence-electron chi connectivity index (χ2n) is 6.60. The zero-order valence-electron chi connectivity index (χ0n) is 14.1. The lowest BCUT2D eigenvalue weighted by molar-refractivity contribution is 0.338. The number of para-hydroxylation sites is 1. The highest BCUT2D eigenvalue weighted by atomic mass is 79.9. The van der Waals surface area contributed by atoms with Crippen molar-refractivity contribution in [3.05, 3.63) is 58.1 Å². The van der Waals surface area contributed by atoms with Crippen LogP contribution in [0.15, 0.2) is 40.9 Å². The molecule has 0 bridgehead atoms. The van der Waals surface area contributed by atoms with Crippen molar-refractivity contribution < 1.29 is 9.13 Å². The van der Waals surface area contributed by atoms with Crippen molar-refractivity contribution in [2.24, 2.45) is 5.92 Å². The molecule has 1 aromatic heterocycles. The Bertz CT molecular complexity index is 991. The predicted octanol–water partition coefficient (Wildman–Crippen LogP) is 6.42. The number of halogens is 4. The van der Waals surface area contributed by atoms with Gasteiger partial charge >= 0.3 is 0 Å². The molecule has 7 heteroatoms. The lowest BCUT2D eigenvalue weighted by atomic mass is 9.88. The highest BCUT2D eigenvalue weighted by Crippen LogP contribution is 2.48. The van der Waals surface area contributed by atoms with E-state index in [2.05, 4.69) is 34.3 Å². The molecule has 0 saturated heterocycles. The normalized spacial score (nSPS) is 22.2. The lowest BCUT2D eigenvalue weighted by Gasteiger charge is -2.24. The molecule has 136 valence electrons. The summed E-state index contributed by atoms with van der Waals surface area (Å²) in [5, 5.41) is -0.951. The molecule has 0 saturated carbocycles. The van der Waals surface area contributed by atoms with Crippen LogP contribution in [0.3, 0.4) is 0 Å². The first-order valence-corrected chi connectivity index (χ1v) is 9.95. The number of alkyl halides is 2. The second-order valence-corrected chi connectivity index (χ2v) is 8.47. The molecule has 2 heterocycles. The molecule has 0 radical (unpaired) electrons. The molecule has 3 atom stereocenters. The van der Waals surface area contributed by atoms with Crippen LogP contribution in [0.1, 0.15) is 37.2 Å². The Balaban J connectivity index is 1.94. The van der Waals surface area contributed by atoms with E-state index in [1.54, 1.807) is 6.07 Å². The number of benzene rings is 2. The van der Waals surface area contributed by atoms with Crippen LogP contribution in [0, 0.1) is 11.7 Å². The third-order valence-corrected chi connectivity index (χ3v) is 5.97. The molecule has 1 unspecified atom stereocenters. The SMILES string of the molecule is C[C@@H]1c2nc3cc(F)c(Br)cc3n2C(c2ccccc2OC(Cl)Cl)[C@@H]1C. The molecule has 0 aliphatic carbocycles. The van der Waals surface area contributed by atoms with Crippen LogP contribution in [0.5, 0.6) is 5.75 Å². The number of hydrogen-bond donors (Lipinski definition) is 0. The molecule has 0 spiro atoms. The number of fused-ring (bicyclic) bond motifs is 3. The smallest absolute Gasteiger partial charge is 0.247 e. The fourth-order valence-electron chi connectivity index (χ4n) is 3.82. The first-order chi connectivity index (χ1) is 12.4. The van der Waals surface area contributed by atoms with Crippen LogP contribution >= 0.6 is 39.1 Å². The summed E-state index contributed by atoms with van der Waals surface area (Å²) < 4.78 is 22.2. The Kier molecular flexibility index (Phi) is 4.66. The molecule has 1 aliphatic heterocycles. The molecule has 0 N–H and O–H groups in total. The molecule has 3 nitrogen and oxygen atoms in total. The van der Waals surface area contributed by atoms with Crippen molar-refractivity contribution >= 4 is 50.2 Å². The van der Waals surface area contributed by atoms with Gasteiger partial charge in [0.15, 0.2) is 0 Å². The highest BCUT2D eigenvalue weighted by molar-refractivity contribution is 9.10. The van der Waals surface area contributed by atoms with Crippen LogP contribution in [0.2, 0.25) is 0 Å². The Labute approximate surface area is 169 Å². The highest BCUT2D eigenvalue weighted by Gasteiger charge is 2.40. The van der Waals surface area contributed by atoms with E-state index in [-0.39, 0.29) is 23.7 Å². The largest absolute Gasteiger partial charge is 0.460 e. The Morgan fingerprint density at radius 1 is 1.23 bits per heavy atom. The average Bonchev–Trinajstić information content (AvgIpc) is 3.05. The minimum absolute atomic E-state index is 0.00866. The number of aromatic nitrogens is 2. The van der Waals surface area contributed by atoms with E-state index in [0.29, 0.717) is 15.7 Å². The van der Waals surface area contributed by atoms with Gasteiger partial charge in [-0.15, -0.1) is 0 Å². The van der Waals surface area contributed by atoms with Crippen molar-refractivity contribution in [2.75, 3.05) is 0 Å². The van der Waals surface area contributed by atoms with Gasteiger partial charge in [0.2, 0.25) is 5.02 Å². The molecular weight excluding hydrogens is 442 g/mol. The topological polar surface area (TPSA) is 27.1 Å². The molecule has 2 aromatic carbocycles. The minimum atomic E-state index is -0.951. The van der Waals surface area contributed by atoms with Gasteiger partial charge in [-0.2, -0.15) is 0 Å². The quantitative estimate of drug-likeness (QED) is 0.424. The van der Waals surface area contributed by atoms with Gasteiger partial charge in [0.1, 0.15) is 17.4 Å². The zero-order valence-corrected chi connectivity index (χ0v) is 17.2. The van der Waals surface area contributed by atoms with E-state index < -0.39 is 5.02 Å². The molecule has 26 heavy (non-hydrogen) atoms. The first kappa shape index (κ1) is 18.1. The van der Waals surface area contributed by atoms with Crippen LogP contribution in [0.25, 0.3) is 11.0 Å². The summed E-state index contributed by atoms with van der Waals surface area (Å²) in [5.41, 5.74) is 2.52. The maximum atomic E-state index is 14.0. The first-order valence-electron chi connectivity index (χ1n) is 8.29. The second kappa shape index (κ2) is 6.70. The number of rotatable bonds is 3. The lowest BCUT2D eigenvalue weighted by Crippen LogP contribution is -2.15. The Morgan fingerprint density at radius 3 is 2.69 bits per heavy atom. The van der Waals surface area contributed by atoms with Crippen molar-refractivity contribution in [3.8, 4) is 5.75 Å². The summed E-state index contributed by atoms with van der Waals surface area (Å²) in [4.78, 5) is 4.70. The Hall–Kier alpha value is -1.30. The van der Waals surface area contributed by atoms with Gasteiger partial charge < -0.3 is 9.30 Å². The summed E-state index contributed by atoms with van der Waals surface area (Å²) >= 11 is 15.0. The molecule has 3 aromatic rings. The molecule has 4 rings (SSSR count). The van der Waals surface area contributed by atoms with E-state index in [1.165, 1.54) is 6.07 Å². The summed E-state index contributed by atoms with van der Waals surface area (Å²) in [7, 11) is 0. The Morgan fingerprint density at radius 2 is 1.96 bits per heavy atom. The van der Waals surface area contributed by atoms with E-state index >= 15 is 0 Å². The van der Waals surface area contributed by atoms with E-state index in [4.69, 9.17) is 32.9 Å². The average molecular weight is 458 g/mol. The van der Waals surface area contributed by atoms with Gasteiger partial charge in [-0.1, -0.05) is 55.2 Å². The van der Waals surface area contributed by atoms with Gasteiger partial charge in [0.05, 0.1) is 21.5 Å². The monoisotopic (exact) mass is 456 g/mol. The number of ether oxygens (including phenoxy) is 1. The predicted molar refractivity (Wildman–Crippen MR) is 106 cm³/mol. The van der Waals surface area contributed by atoms with E-state index in [0.717, 1.165) is 16.9 Å². The fourth-order valence-corrected chi connectivity index (χ4v) is 4.34. The summed E-state index contributed by atoms with van der Waals surface area (Å²) in [6.45, 7) is 4.33. The van der Waals surface area contributed by atoms with Crippen molar-refractivity contribution in [2.45, 2.75) is 30.8 Å². The van der Waals surface area contributed by atoms with Crippen LogP contribution in [-0.4, -0.2) is 14.6 Å². The van der Waals surface area contributed by atoms with Gasteiger partial charge in [-0.25, -0.2) is 9.37 Å². The standard InChI is InChI=1S/C19H16BrCl2FN2O/c1-9-10(2)18-24-14-8-13(23)12(20)7-15(14)25(18)17(9)11-5-3-4-6-16(11)26-19(21)22/h3-10,17,19H,1-2H3/t9-,10+,17?/m1/s1. The molecule has 1 aliphatic rings.